The van der Waals surface area contributed by atoms with Crippen LogP contribution in [0.2, 0.25) is 0 Å². The first-order chi connectivity index (χ1) is 11.1. The van der Waals surface area contributed by atoms with Crippen molar-refractivity contribution in [3.63, 3.8) is 0 Å². The van der Waals surface area contributed by atoms with Crippen molar-refractivity contribution >= 4 is 17.3 Å². The number of aromatic nitrogens is 1. The number of benzene rings is 2. The molecule has 3 rings (SSSR count). The van der Waals surface area contributed by atoms with Crippen molar-refractivity contribution in [1.29, 1.82) is 0 Å². The van der Waals surface area contributed by atoms with Crippen LogP contribution in [-0.2, 0) is 11.2 Å². The van der Waals surface area contributed by atoms with Gasteiger partial charge in [0.1, 0.15) is 5.01 Å². The highest BCUT2D eigenvalue weighted by Gasteiger charge is 2.17. The van der Waals surface area contributed by atoms with E-state index in [0.29, 0.717) is 0 Å². The van der Waals surface area contributed by atoms with Gasteiger partial charge in [-0.1, -0.05) is 48.5 Å². The Morgan fingerprint density at radius 3 is 2.52 bits per heavy atom. The summed E-state index contributed by atoms with van der Waals surface area (Å²) in [5.41, 5.74) is 5.19. The van der Waals surface area contributed by atoms with Gasteiger partial charge < -0.3 is 5.11 Å². The number of rotatable bonds is 4. The Morgan fingerprint density at radius 2 is 1.83 bits per heavy atom. The van der Waals surface area contributed by atoms with Gasteiger partial charge in [0.2, 0.25) is 0 Å². The van der Waals surface area contributed by atoms with Crippen LogP contribution < -0.4 is 0 Å². The van der Waals surface area contributed by atoms with Crippen molar-refractivity contribution in [3.05, 3.63) is 64.5 Å². The number of carboxylic acids is 1. The summed E-state index contributed by atoms with van der Waals surface area (Å²) in [5.74, 6) is -0.835. The first kappa shape index (κ1) is 15.4. The van der Waals surface area contributed by atoms with Crippen LogP contribution >= 0.6 is 11.3 Å². The largest absolute Gasteiger partial charge is 0.481 e. The maximum absolute atomic E-state index is 11.2. The number of carboxylic acid groups (broad SMARTS) is 1. The molecule has 0 fully saturated rings. The molecule has 23 heavy (non-hydrogen) atoms. The molecule has 0 saturated carbocycles. The van der Waals surface area contributed by atoms with Crippen LogP contribution in [0, 0.1) is 13.8 Å². The molecule has 1 aromatic heterocycles. The zero-order chi connectivity index (χ0) is 16.4. The maximum Gasteiger partial charge on any atom is 0.308 e. The van der Waals surface area contributed by atoms with Gasteiger partial charge in [-0.25, -0.2) is 4.98 Å². The molecule has 3 nitrogen and oxygen atoms in total. The van der Waals surface area contributed by atoms with E-state index in [4.69, 9.17) is 4.98 Å². The van der Waals surface area contributed by atoms with E-state index >= 15 is 0 Å². The topological polar surface area (TPSA) is 50.2 Å². The van der Waals surface area contributed by atoms with E-state index in [0.717, 1.165) is 26.7 Å². The van der Waals surface area contributed by atoms with Gasteiger partial charge in [0.05, 0.1) is 12.1 Å². The highest BCUT2D eigenvalue weighted by atomic mass is 32.1. The summed E-state index contributed by atoms with van der Waals surface area (Å²) < 4.78 is 0. The molecule has 4 heteroatoms. The molecular formula is C19H17NO2S. The third kappa shape index (κ3) is 3.17. The molecule has 0 saturated heterocycles. The fraction of sp³-hybridized carbons (Fsp3) is 0.158. The number of carbonyl (C=O) groups is 1. The predicted molar refractivity (Wildman–Crippen MR) is 93.8 cm³/mol. The van der Waals surface area contributed by atoms with Crippen LogP contribution in [0.25, 0.3) is 21.8 Å². The van der Waals surface area contributed by atoms with Gasteiger partial charge in [-0.2, -0.15) is 0 Å². The van der Waals surface area contributed by atoms with Crippen molar-refractivity contribution < 1.29 is 9.90 Å². The number of aliphatic carboxylic acids is 1. The zero-order valence-corrected chi connectivity index (χ0v) is 13.9. The summed E-state index contributed by atoms with van der Waals surface area (Å²) in [6.07, 6.45) is -0.00718. The van der Waals surface area contributed by atoms with Gasteiger partial charge in [-0.05, 0) is 25.0 Å². The van der Waals surface area contributed by atoms with Gasteiger partial charge in [0.25, 0.3) is 0 Å². The first-order valence-corrected chi connectivity index (χ1v) is 8.21. The van der Waals surface area contributed by atoms with Gasteiger partial charge >= 0.3 is 5.97 Å². The normalized spacial score (nSPS) is 10.7. The highest BCUT2D eigenvalue weighted by molar-refractivity contribution is 7.15. The molecule has 0 amide bonds. The number of hydrogen-bond donors (Lipinski definition) is 1. The third-order valence-corrected chi connectivity index (χ3v) is 4.98. The van der Waals surface area contributed by atoms with Gasteiger partial charge in [-0.15, -0.1) is 11.3 Å². The smallest absolute Gasteiger partial charge is 0.308 e. The molecule has 0 radical (unpaired) electrons. The number of thiazole rings is 1. The minimum absolute atomic E-state index is 0.00718. The van der Waals surface area contributed by atoms with Crippen LogP contribution in [0.4, 0.5) is 0 Å². The average molecular weight is 323 g/mol. The van der Waals surface area contributed by atoms with E-state index in [1.54, 1.807) is 0 Å². The molecule has 3 aromatic rings. The minimum atomic E-state index is -0.835. The molecule has 0 atom stereocenters. The zero-order valence-electron chi connectivity index (χ0n) is 13.0. The summed E-state index contributed by atoms with van der Waals surface area (Å²) in [6.45, 7) is 4.15. The molecule has 0 bridgehead atoms. The van der Waals surface area contributed by atoms with Crippen LogP contribution in [0.1, 0.15) is 16.0 Å². The lowest BCUT2D eigenvalue weighted by Gasteiger charge is -2.05. The molecule has 0 aliphatic heterocycles. The van der Waals surface area contributed by atoms with Crippen LogP contribution in [-0.4, -0.2) is 16.1 Å². The second kappa shape index (κ2) is 6.34. The standard InChI is InChI=1S/C19H17NO2S/c1-12-7-6-10-15(13(12)2)19-20-18(14-8-4-3-5-9-14)16(23-19)11-17(21)22/h3-10H,11H2,1-2H3,(H,21,22). The van der Waals surface area contributed by atoms with E-state index in [2.05, 4.69) is 19.9 Å². The van der Waals surface area contributed by atoms with E-state index < -0.39 is 5.97 Å². The van der Waals surface area contributed by atoms with E-state index in [1.165, 1.54) is 22.5 Å². The number of nitrogens with zero attached hydrogens (tertiary/aromatic N) is 1. The van der Waals surface area contributed by atoms with Crippen molar-refractivity contribution in [2.75, 3.05) is 0 Å². The predicted octanol–water partition coefficient (Wildman–Crippen LogP) is 4.72. The van der Waals surface area contributed by atoms with Crippen molar-refractivity contribution in [3.8, 4) is 21.8 Å². The molecule has 0 spiro atoms. The molecule has 1 heterocycles. The Kier molecular flexibility index (Phi) is 4.26. The van der Waals surface area contributed by atoms with Crippen molar-refractivity contribution in [2.45, 2.75) is 20.3 Å². The summed E-state index contributed by atoms with van der Waals surface area (Å²) in [7, 11) is 0. The lowest BCUT2D eigenvalue weighted by molar-refractivity contribution is -0.136. The Bertz CT molecular complexity index is 853. The lowest BCUT2D eigenvalue weighted by Crippen LogP contribution is -1.99. The second-order valence-corrected chi connectivity index (χ2v) is 6.56. The van der Waals surface area contributed by atoms with Gasteiger partial charge in [0, 0.05) is 16.0 Å². The fourth-order valence-electron chi connectivity index (χ4n) is 2.53. The summed E-state index contributed by atoms with van der Waals surface area (Å²) in [4.78, 5) is 16.8. The van der Waals surface area contributed by atoms with Crippen LogP contribution in [0.3, 0.4) is 0 Å². The SMILES string of the molecule is Cc1cccc(-c2nc(-c3ccccc3)c(CC(=O)O)s2)c1C. The van der Waals surface area contributed by atoms with Gasteiger partial charge in [0.15, 0.2) is 0 Å². The number of aryl methyl sites for hydroxylation is 1. The average Bonchev–Trinajstić information content (AvgIpc) is 2.93. The fourth-order valence-corrected chi connectivity index (χ4v) is 3.69. The van der Waals surface area contributed by atoms with E-state index in [1.807, 2.05) is 42.5 Å². The Labute approximate surface area is 139 Å². The summed E-state index contributed by atoms with van der Waals surface area (Å²) in [6, 6.07) is 15.9. The molecule has 2 aromatic carbocycles. The maximum atomic E-state index is 11.2. The van der Waals surface area contributed by atoms with Crippen LogP contribution in [0.15, 0.2) is 48.5 Å². The number of hydrogen-bond acceptors (Lipinski definition) is 3. The van der Waals surface area contributed by atoms with E-state index in [-0.39, 0.29) is 6.42 Å². The Hall–Kier alpha value is -2.46. The molecule has 0 aliphatic rings. The highest BCUT2D eigenvalue weighted by Crippen LogP contribution is 2.36. The Balaban J connectivity index is 2.15. The van der Waals surface area contributed by atoms with Crippen LogP contribution in [0.5, 0.6) is 0 Å². The third-order valence-electron chi connectivity index (χ3n) is 3.89. The molecule has 0 aliphatic carbocycles. The summed E-state index contributed by atoms with van der Waals surface area (Å²) in [5, 5.41) is 10.1. The summed E-state index contributed by atoms with van der Waals surface area (Å²) >= 11 is 1.47. The molecule has 116 valence electrons. The quantitative estimate of drug-likeness (QED) is 0.755. The van der Waals surface area contributed by atoms with Crippen molar-refractivity contribution in [2.24, 2.45) is 0 Å². The lowest BCUT2D eigenvalue weighted by atomic mass is 10.0. The van der Waals surface area contributed by atoms with E-state index in [9.17, 15) is 9.90 Å². The van der Waals surface area contributed by atoms with Gasteiger partial charge in [-0.3, -0.25) is 4.79 Å². The minimum Gasteiger partial charge on any atom is -0.481 e. The monoisotopic (exact) mass is 323 g/mol. The molecular weight excluding hydrogens is 306 g/mol. The first-order valence-electron chi connectivity index (χ1n) is 7.40. The second-order valence-electron chi connectivity index (χ2n) is 5.47. The Morgan fingerprint density at radius 1 is 1.09 bits per heavy atom. The molecule has 0 unspecified atom stereocenters. The molecule has 1 N–H and O–H groups in total. The van der Waals surface area contributed by atoms with Crippen molar-refractivity contribution in [1.82, 2.24) is 4.98 Å².